The molecule has 4 heteroatoms. The molecule has 0 amide bonds. The Morgan fingerprint density at radius 1 is 1.17 bits per heavy atom. The van der Waals surface area contributed by atoms with Crippen LogP contribution in [-0.4, -0.2) is 10.1 Å². The summed E-state index contributed by atoms with van der Waals surface area (Å²) in [4.78, 5) is 4.55. The van der Waals surface area contributed by atoms with Crippen LogP contribution in [0.5, 0.6) is 5.75 Å². The first-order chi connectivity index (χ1) is 8.63. The van der Waals surface area contributed by atoms with Crippen molar-refractivity contribution in [3.05, 3.63) is 42.0 Å². The van der Waals surface area contributed by atoms with Gasteiger partial charge in [0.15, 0.2) is 0 Å². The van der Waals surface area contributed by atoms with Gasteiger partial charge in [-0.25, -0.2) is 4.98 Å². The van der Waals surface area contributed by atoms with Crippen LogP contribution in [0.2, 0.25) is 0 Å². The summed E-state index contributed by atoms with van der Waals surface area (Å²) in [7, 11) is 0. The normalized spacial score (nSPS) is 10.9. The van der Waals surface area contributed by atoms with E-state index < -0.39 is 0 Å². The summed E-state index contributed by atoms with van der Waals surface area (Å²) < 4.78 is 1.12. The lowest BCUT2D eigenvalue weighted by atomic mass is 10.2. The quantitative estimate of drug-likeness (QED) is 0.654. The van der Waals surface area contributed by atoms with Gasteiger partial charge in [-0.15, -0.1) is 11.3 Å². The van der Waals surface area contributed by atoms with Crippen molar-refractivity contribution in [2.45, 2.75) is 6.92 Å². The first-order valence-corrected chi connectivity index (χ1v) is 6.41. The largest absolute Gasteiger partial charge is 0.507 e. The molecular weight excluding hydrogens is 244 g/mol. The molecule has 0 aliphatic heterocycles. The van der Waals surface area contributed by atoms with E-state index in [1.54, 1.807) is 29.5 Å². The number of phenols is 1. The molecule has 0 atom stereocenters. The summed E-state index contributed by atoms with van der Waals surface area (Å²) in [5.74, 6) is 0.172. The Bertz CT molecular complexity index is 734. The highest BCUT2D eigenvalue weighted by molar-refractivity contribution is 7.21. The van der Waals surface area contributed by atoms with E-state index in [9.17, 15) is 5.11 Å². The number of thiazole rings is 1. The molecule has 1 aromatic heterocycles. The van der Waals surface area contributed by atoms with Crippen molar-refractivity contribution in [3.8, 4) is 16.3 Å². The topological polar surface area (TPSA) is 59.1 Å². The second-order valence-corrected chi connectivity index (χ2v) is 5.30. The zero-order valence-corrected chi connectivity index (χ0v) is 10.7. The van der Waals surface area contributed by atoms with E-state index in [2.05, 4.69) is 17.1 Å². The summed E-state index contributed by atoms with van der Waals surface area (Å²) in [5, 5.41) is 10.7. The van der Waals surface area contributed by atoms with Crippen LogP contribution in [-0.2, 0) is 0 Å². The molecule has 0 saturated carbocycles. The maximum Gasteiger partial charge on any atom is 0.128 e. The second-order valence-electron chi connectivity index (χ2n) is 4.27. The Kier molecular flexibility index (Phi) is 2.45. The molecule has 0 fully saturated rings. The molecule has 90 valence electrons. The number of nitrogens with two attached hydrogens (primary N) is 1. The van der Waals surface area contributed by atoms with Crippen LogP contribution in [0, 0.1) is 6.92 Å². The number of anilines is 1. The third-order valence-electron chi connectivity index (χ3n) is 2.80. The van der Waals surface area contributed by atoms with Crippen molar-refractivity contribution >= 4 is 27.2 Å². The minimum atomic E-state index is 0.172. The number of aromatic nitrogens is 1. The van der Waals surface area contributed by atoms with Gasteiger partial charge < -0.3 is 10.8 Å². The number of aryl methyl sites for hydroxylation is 1. The van der Waals surface area contributed by atoms with Gasteiger partial charge in [0.1, 0.15) is 10.8 Å². The fourth-order valence-corrected chi connectivity index (χ4v) is 2.86. The number of fused-ring (bicyclic) bond motifs is 1. The average Bonchev–Trinajstić information content (AvgIpc) is 2.71. The predicted octanol–water partition coefficient (Wildman–Crippen LogP) is 3.56. The van der Waals surface area contributed by atoms with Gasteiger partial charge in [0, 0.05) is 11.8 Å². The lowest BCUT2D eigenvalue weighted by Crippen LogP contribution is -1.85. The van der Waals surface area contributed by atoms with E-state index in [0.717, 1.165) is 20.8 Å². The van der Waals surface area contributed by atoms with Crippen molar-refractivity contribution in [2.75, 3.05) is 5.73 Å². The molecule has 3 nitrogen and oxygen atoms in total. The van der Waals surface area contributed by atoms with E-state index in [4.69, 9.17) is 5.73 Å². The second kappa shape index (κ2) is 3.99. The number of phenolic OH excluding ortho intramolecular Hbond substituents is 1. The standard InChI is InChI=1S/C14H12N2OS/c1-8-2-5-13-11(6-8)16-14(18-13)10-4-3-9(15)7-12(10)17/h2-7,17H,15H2,1H3. The molecule has 0 saturated heterocycles. The van der Waals surface area contributed by atoms with Crippen LogP contribution in [0.15, 0.2) is 36.4 Å². The Morgan fingerprint density at radius 3 is 2.78 bits per heavy atom. The molecule has 0 spiro atoms. The van der Waals surface area contributed by atoms with Gasteiger partial charge in [-0.3, -0.25) is 0 Å². The number of hydrogen-bond donors (Lipinski definition) is 2. The van der Waals surface area contributed by atoms with Gasteiger partial charge in [0.25, 0.3) is 0 Å². The van der Waals surface area contributed by atoms with Crippen molar-refractivity contribution in [1.29, 1.82) is 0 Å². The Hall–Kier alpha value is -2.07. The zero-order chi connectivity index (χ0) is 12.7. The number of rotatable bonds is 1. The van der Waals surface area contributed by atoms with E-state index >= 15 is 0 Å². The number of nitrogens with zero attached hydrogens (tertiary/aromatic N) is 1. The van der Waals surface area contributed by atoms with Crippen molar-refractivity contribution in [2.24, 2.45) is 0 Å². The van der Waals surface area contributed by atoms with E-state index in [0.29, 0.717) is 5.69 Å². The first kappa shape index (κ1) is 11.0. The van der Waals surface area contributed by atoms with Crippen LogP contribution < -0.4 is 5.73 Å². The fourth-order valence-electron chi connectivity index (χ4n) is 1.88. The number of nitrogen functional groups attached to an aromatic ring is 1. The molecule has 1 heterocycles. The Balaban J connectivity index is 2.19. The number of hydrogen-bond acceptors (Lipinski definition) is 4. The van der Waals surface area contributed by atoms with Crippen molar-refractivity contribution in [1.82, 2.24) is 4.98 Å². The van der Waals surface area contributed by atoms with Crippen LogP contribution in [0.3, 0.4) is 0 Å². The lowest BCUT2D eigenvalue weighted by molar-refractivity contribution is 0.477. The summed E-state index contributed by atoms with van der Waals surface area (Å²) >= 11 is 1.57. The Labute approximate surface area is 109 Å². The highest BCUT2D eigenvalue weighted by Crippen LogP contribution is 2.36. The molecule has 0 unspecified atom stereocenters. The van der Waals surface area contributed by atoms with Crippen molar-refractivity contribution < 1.29 is 5.11 Å². The minimum absolute atomic E-state index is 0.172. The summed E-state index contributed by atoms with van der Waals surface area (Å²) in [6.07, 6.45) is 0. The van der Waals surface area contributed by atoms with Gasteiger partial charge >= 0.3 is 0 Å². The molecule has 3 aromatic rings. The average molecular weight is 256 g/mol. The molecular formula is C14H12N2OS. The Morgan fingerprint density at radius 2 is 2.00 bits per heavy atom. The van der Waals surface area contributed by atoms with Gasteiger partial charge in [0.2, 0.25) is 0 Å². The van der Waals surface area contributed by atoms with Crippen molar-refractivity contribution in [3.63, 3.8) is 0 Å². The van der Waals surface area contributed by atoms with Crippen LogP contribution in [0.25, 0.3) is 20.8 Å². The fraction of sp³-hybridized carbons (Fsp3) is 0.0714. The minimum Gasteiger partial charge on any atom is -0.507 e. The van der Waals surface area contributed by atoms with E-state index in [1.807, 2.05) is 13.0 Å². The molecule has 2 aromatic carbocycles. The van der Waals surface area contributed by atoms with Gasteiger partial charge in [0.05, 0.1) is 15.8 Å². The maximum atomic E-state index is 9.91. The van der Waals surface area contributed by atoms with Crippen LogP contribution in [0.4, 0.5) is 5.69 Å². The molecule has 0 aliphatic carbocycles. The SMILES string of the molecule is Cc1ccc2sc(-c3ccc(N)cc3O)nc2c1. The van der Waals surface area contributed by atoms with Crippen LogP contribution in [0.1, 0.15) is 5.56 Å². The summed E-state index contributed by atoms with van der Waals surface area (Å²) in [6.45, 7) is 2.04. The summed E-state index contributed by atoms with van der Waals surface area (Å²) in [6, 6.07) is 11.3. The van der Waals surface area contributed by atoms with Gasteiger partial charge in [-0.1, -0.05) is 6.07 Å². The molecule has 0 radical (unpaired) electrons. The van der Waals surface area contributed by atoms with Gasteiger partial charge in [-0.2, -0.15) is 0 Å². The van der Waals surface area contributed by atoms with E-state index in [1.165, 1.54) is 5.56 Å². The maximum absolute atomic E-state index is 9.91. The number of benzene rings is 2. The predicted molar refractivity (Wildman–Crippen MR) is 75.9 cm³/mol. The highest BCUT2D eigenvalue weighted by Gasteiger charge is 2.10. The molecule has 3 N–H and O–H groups in total. The lowest BCUT2D eigenvalue weighted by Gasteiger charge is -2.01. The molecule has 0 aliphatic rings. The third kappa shape index (κ3) is 1.80. The first-order valence-electron chi connectivity index (χ1n) is 5.59. The molecule has 3 rings (SSSR count). The highest BCUT2D eigenvalue weighted by atomic mass is 32.1. The van der Waals surface area contributed by atoms with E-state index in [-0.39, 0.29) is 5.75 Å². The molecule has 0 bridgehead atoms. The number of aromatic hydroxyl groups is 1. The zero-order valence-electron chi connectivity index (χ0n) is 9.84. The molecule has 18 heavy (non-hydrogen) atoms. The monoisotopic (exact) mass is 256 g/mol. The van der Waals surface area contributed by atoms with Gasteiger partial charge in [-0.05, 0) is 36.8 Å². The summed E-state index contributed by atoms with van der Waals surface area (Å²) in [5.41, 5.74) is 9.04. The van der Waals surface area contributed by atoms with Crippen LogP contribution >= 0.6 is 11.3 Å². The third-order valence-corrected chi connectivity index (χ3v) is 3.86. The smallest absolute Gasteiger partial charge is 0.128 e.